The summed E-state index contributed by atoms with van der Waals surface area (Å²) in [6, 6.07) is 38.3. The first kappa shape index (κ1) is 29.8. The molecule has 52 heavy (non-hydrogen) atoms. The molecule has 4 atom stereocenters. The molecule has 5 aliphatic heterocycles. The van der Waals surface area contributed by atoms with Crippen LogP contribution in [0.15, 0.2) is 116 Å². The molecule has 0 radical (unpaired) electrons. The van der Waals surface area contributed by atoms with Gasteiger partial charge in [-0.25, -0.2) is 9.97 Å². The van der Waals surface area contributed by atoms with Gasteiger partial charge < -0.3 is 19.6 Å². The molecule has 0 bridgehead atoms. The maximum Gasteiger partial charge on any atom is 0.161 e. The summed E-state index contributed by atoms with van der Waals surface area (Å²) in [5.41, 5.74) is 18.7. The Balaban J connectivity index is 1.15. The van der Waals surface area contributed by atoms with E-state index in [-0.39, 0.29) is 18.1 Å². The van der Waals surface area contributed by atoms with Gasteiger partial charge in [0.1, 0.15) is 17.5 Å². The van der Waals surface area contributed by atoms with E-state index in [2.05, 4.69) is 171 Å². The summed E-state index contributed by atoms with van der Waals surface area (Å²) in [6.45, 7) is 11.3. The van der Waals surface area contributed by atoms with Crippen LogP contribution in [0.25, 0.3) is 28.2 Å². The Morgan fingerprint density at radius 1 is 0.673 bits per heavy atom. The quantitative estimate of drug-likeness (QED) is 0.186. The average Bonchev–Trinajstić information content (AvgIpc) is 3.81. The molecule has 3 unspecified atom stereocenters. The number of hydrogen-bond acceptors (Lipinski definition) is 6. The monoisotopic (exact) mass is 676 g/mol. The van der Waals surface area contributed by atoms with Crippen LogP contribution in [0.2, 0.25) is 0 Å². The van der Waals surface area contributed by atoms with Crippen LogP contribution in [-0.4, -0.2) is 28.1 Å². The van der Waals surface area contributed by atoms with E-state index in [0.29, 0.717) is 0 Å². The molecular formula is C46H40N6. The number of likely N-dealkylation sites (N-methyl/N-ethyl adjacent to an activating group) is 1. The first-order chi connectivity index (χ1) is 25.3. The molecule has 254 valence electrons. The van der Waals surface area contributed by atoms with Crippen molar-refractivity contribution in [1.82, 2.24) is 14.9 Å². The lowest BCUT2D eigenvalue weighted by Crippen LogP contribution is -2.50. The van der Waals surface area contributed by atoms with Gasteiger partial charge in [-0.15, -0.1) is 0 Å². The van der Waals surface area contributed by atoms with Gasteiger partial charge in [-0.1, -0.05) is 90.5 Å². The Kier molecular flexibility index (Phi) is 5.81. The largest absolute Gasteiger partial charge is 0.341 e. The lowest BCUT2D eigenvalue weighted by Gasteiger charge is -2.47. The van der Waals surface area contributed by atoms with Gasteiger partial charge >= 0.3 is 0 Å². The van der Waals surface area contributed by atoms with Gasteiger partial charge in [0.2, 0.25) is 0 Å². The molecule has 0 aliphatic carbocycles. The highest BCUT2D eigenvalue weighted by molar-refractivity contribution is 5.98. The zero-order chi connectivity index (χ0) is 35.2. The summed E-state index contributed by atoms with van der Waals surface area (Å²) in [6.07, 6.45) is 4.57. The fourth-order valence-corrected chi connectivity index (χ4v) is 10.5. The SMILES string of the molecule is Cc1ccc2c(c1)-c1cccc3c1C1(C)N2C(c2c(C)cccc2C)=CN1[C@H]3C1c2ccccc2N2c3cnc(-c4ccccc4C)nc3N(C)C12. The van der Waals surface area contributed by atoms with Crippen molar-refractivity contribution in [2.24, 2.45) is 0 Å². The van der Waals surface area contributed by atoms with Crippen molar-refractivity contribution in [3.63, 3.8) is 0 Å². The van der Waals surface area contributed by atoms with Crippen LogP contribution < -0.4 is 14.7 Å². The fourth-order valence-electron chi connectivity index (χ4n) is 10.5. The molecule has 0 saturated heterocycles. The van der Waals surface area contributed by atoms with E-state index in [0.717, 1.165) is 22.9 Å². The van der Waals surface area contributed by atoms with E-state index in [1.807, 2.05) is 6.20 Å². The van der Waals surface area contributed by atoms with Crippen LogP contribution in [0.5, 0.6) is 0 Å². The van der Waals surface area contributed by atoms with Gasteiger partial charge in [0.15, 0.2) is 11.6 Å². The standard InChI is InChI=1S/C46H40N6/c1-26-21-22-36-34(23-26)31-18-12-19-33-41(31)46(5)50(25-38(52(36)46)39-28(3)14-11-15-29(39)4)42(33)40-32-17-9-10-20-35(32)51-37-24-47-43(30-16-8-7-13-27(30)2)48-44(37)49(6)45(40)51/h7-25,40,42,45H,1-6H3/t40?,42-,45?,46?/m1/s1. The molecule has 0 amide bonds. The Bertz CT molecular complexity index is 2550. The van der Waals surface area contributed by atoms with Crippen molar-refractivity contribution in [2.45, 2.75) is 58.4 Å². The summed E-state index contributed by atoms with van der Waals surface area (Å²) < 4.78 is 0. The highest BCUT2D eigenvalue weighted by Gasteiger charge is 2.63. The number of nitrogens with zero attached hydrogens (tertiary/aromatic N) is 6. The first-order valence-corrected chi connectivity index (χ1v) is 18.4. The number of rotatable bonds is 3. The van der Waals surface area contributed by atoms with Crippen molar-refractivity contribution in [3.8, 4) is 22.5 Å². The predicted molar refractivity (Wildman–Crippen MR) is 211 cm³/mol. The zero-order valence-electron chi connectivity index (χ0n) is 30.4. The third-order valence-electron chi connectivity index (χ3n) is 12.7. The van der Waals surface area contributed by atoms with Crippen LogP contribution in [0.1, 0.15) is 63.4 Å². The van der Waals surface area contributed by atoms with E-state index in [9.17, 15) is 0 Å². The molecule has 0 saturated carbocycles. The summed E-state index contributed by atoms with van der Waals surface area (Å²) in [5.74, 6) is 1.87. The van der Waals surface area contributed by atoms with Crippen molar-refractivity contribution in [2.75, 3.05) is 21.7 Å². The summed E-state index contributed by atoms with van der Waals surface area (Å²) in [5, 5.41) is 0. The minimum absolute atomic E-state index is 0.0224. The van der Waals surface area contributed by atoms with Gasteiger partial charge in [0, 0.05) is 41.2 Å². The Morgan fingerprint density at radius 2 is 1.38 bits per heavy atom. The second-order valence-corrected chi connectivity index (χ2v) is 15.5. The minimum Gasteiger partial charge on any atom is -0.341 e. The predicted octanol–water partition coefficient (Wildman–Crippen LogP) is 10.1. The molecule has 6 nitrogen and oxygen atoms in total. The highest BCUT2D eigenvalue weighted by Crippen LogP contribution is 2.68. The van der Waals surface area contributed by atoms with Crippen LogP contribution in [0.3, 0.4) is 0 Å². The van der Waals surface area contributed by atoms with Crippen LogP contribution in [0.4, 0.5) is 22.9 Å². The van der Waals surface area contributed by atoms with Crippen molar-refractivity contribution < 1.29 is 0 Å². The fraction of sp³-hybridized carbons (Fsp3) is 0.217. The average molecular weight is 677 g/mol. The second-order valence-electron chi connectivity index (χ2n) is 15.5. The smallest absolute Gasteiger partial charge is 0.161 e. The highest BCUT2D eigenvalue weighted by atomic mass is 15.5. The molecule has 0 spiro atoms. The van der Waals surface area contributed by atoms with Crippen LogP contribution in [-0.2, 0) is 5.66 Å². The lowest BCUT2D eigenvalue weighted by molar-refractivity contribution is 0.142. The summed E-state index contributed by atoms with van der Waals surface area (Å²) in [7, 11) is 2.23. The third-order valence-corrected chi connectivity index (χ3v) is 12.7. The minimum atomic E-state index is -0.410. The zero-order valence-corrected chi connectivity index (χ0v) is 30.4. The molecular weight excluding hydrogens is 637 g/mol. The second kappa shape index (κ2) is 10.1. The number of para-hydroxylation sites is 1. The molecule has 6 heteroatoms. The normalized spacial score (nSPS) is 22.7. The van der Waals surface area contributed by atoms with E-state index < -0.39 is 5.66 Å². The Morgan fingerprint density at radius 3 is 2.21 bits per heavy atom. The van der Waals surface area contributed by atoms with E-state index >= 15 is 0 Å². The van der Waals surface area contributed by atoms with Gasteiger partial charge in [-0.2, -0.15) is 0 Å². The van der Waals surface area contributed by atoms with Gasteiger partial charge in [0.05, 0.1) is 29.5 Å². The van der Waals surface area contributed by atoms with Gasteiger partial charge in [-0.05, 0) is 86.2 Å². The van der Waals surface area contributed by atoms with Crippen molar-refractivity contribution in [3.05, 3.63) is 160 Å². The topological polar surface area (TPSA) is 38.7 Å². The number of anilines is 4. The summed E-state index contributed by atoms with van der Waals surface area (Å²) >= 11 is 0. The maximum atomic E-state index is 5.29. The number of aryl methyl sites for hydroxylation is 4. The molecule has 5 aliphatic rings. The molecule has 1 aromatic heterocycles. The Hall–Kier alpha value is -5.88. The lowest BCUT2D eigenvalue weighted by atomic mass is 9.80. The number of aromatic nitrogens is 2. The van der Waals surface area contributed by atoms with E-state index in [1.54, 1.807) is 0 Å². The molecule has 6 aromatic rings. The van der Waals surface area contributed by atoms with Gasteiger partial charge in [0.25, 0.3) is 0 Å². The molecule has 0 N–H and O–H groups in total. The number of hydrogen-bond donors (Lipinski definition) is 0. The van der Waals surface area contributed by atoms with Crippen molar-refractivity contribution >= 4 is 28.6 Å². The third kappa shape index (κ3) is 3.55. The number of fused-ring (bicyclic) bond motifs is 8. The molecule has 0 fully saturated rings. The van der Waals surface area contributed by atoms with E-state index in [1.165, 1.54) is 72.7 Å². The number of benzene rings is 5. The molecule has 6 heterocycles. The molecule has 5 aromatic carbocycles. The maximum absolute atomic E-state index is 5.29. The van der Waals surface area contributed by atoms with Crippen LogP contribution in [0, 0.1) is 27.7 Å². The first-order valence-electron chi connectivity index (χ1n) is 18.4. The van der Waals surface area contributed by atoms with Crippen LogP contribution >= 0.6 is 0 Å². The van der Waals surface area contributed by atoms with Gasteiger partial charge in [-0.3, -0.25) is 0 Å². The Labute approximate surface area is 305 Å². The van der Waals surface area contributed by atoms with Crippen molar-refractivity contribution in [1.29, 1.82) is 0 Å². The molecule has 11 rings (SSSR count). The summed E-state index contributed by atoms with van der Waals surface area (Å²) in [4.78, 5) is 20.6. The van der Waals surface area contributed by atoms with E-state index in [4.69, 9.17) is 9.97 Å².